The van der Waals surface area contributed by atoms with Gasteiger partial charge >= 0.3 is 6.18 Å². The number of hydrogen-bond donors (Lipinski definition) is 2. The summed E-state index contributed by atoms with van der Waals surface area (Å²) in [5.41, 5.74) is 0.867. The minimum Gasteiger partial charge on any atom is -0.370 e. The van der Waals surface area contributed by atoms with Crippen LogP contribution in [0.2, 0.25) is 0 Å². The van der Waals surface area contributed by atoms with E-state index < -0.39 is 18.6 Å². The quantitative estimate of drug-likeness (QED) is 0.846. The lowest BCUT2D eigenvalue weighted by Gasteiger charge is -2.11. The molecule has 0 radical (unpaired) electrons. The highest BCUT2D eigenvalue weighted by atomic mass is 19.4. The lowest BCUT2D eigenvalue weighted by atomic mass is 10.1. The highest BCUT2D eigenvalue weighted by Gasteiger charge is 2.28. The number of pyridine rings is 1. The van der Waals surface area contributed by atoms with Crippen LogP contribution < -0.4 is 10.6 Å². The summed E-state index contributed by atoms with van der Waals surface area (Å²) in [6.45, 7) is 3.11. The summed E-state index contributed by atoms with van der Waals surface area (Å²) in [7, 11) is 0. The Hall–Kier alpha value is -1.79. The summed E-state index contributed by atoms with van der Waals surface area (Å²) in [5.74, 6) is -0.253. The molecule has 20 heavy (non-hydrogen) atoms. The molecule has 4 nitrogen and oxygen atoms in total. The van der Waals surface area contributed by atoms with E-state index in [9.17, 15) is 18.0 Å². The van der Waals surface area contributed by atoms with Crippen LogP contribution >= 0.6 is 0 Å². The molecule has 0 aliphatic rings. The molecule has 0 aromatic carbocycles. The van der Waals surface area contributed by atoms with Crippen molar-refractivity contribution in [1.82, 2.24) is 10.3 Å². The maximum absolute atomic E-state index is 12.1. The molecule has 0 bridgehead atoms. The van der Waals surface area contributed by atoms with Crippen molar-refractivity contribution in [2.24, 2.45) is 0 Å². The molecule has 0 saturated carbocycles. The molecule has 1 amide bonds. The average molecular weight is 289 g/mol. The van der Waals surface area contributed by atoms with E-state index in [0.717, 1.165) is 6.42 Å². The smallest absolute Gasteiger partial charge is 0.370 e. The lowest BCUT2D eigenvalue weighted by Crippen LogP contribution is -2.33. The molecule has 1 aromatic heterocycles. The monoisotopic (exact) mass is 289 g/mol. The first-order valence-corrected chi connectivity index (χ1v) is 6.45. The first-order valence-electron chi connectivity index (χ1n) is 6.45. The van der Waals surface area contributed by atoms with Gasteiger partial charge in [-0.3, -0.25) is 4.79 Å². The second kappa shape index (κ2) is 7.12. The number of hydrogen-bond acceptors (Lipinski definition) is 3. The van der Waals surface area contributed by atoms with Crippen molar-refractivity contribution in [3.05, 3.63) is 23.4 Å². The number of halogens is 3. The molecule has 112 valence electrons. The van der Waals surface area contributed by atoms with Crippen molar-refractivity contribution in [1.29, 1.82) is 0 Å². The van der Waals surface area contributed by atoms with Gasteiger partial charge in [0.1, 0.15) is 12.4 Å². The lowest BCUT2D eigenvalue weighted by molar-refractivity contribution is -0.123. The number of amides is 1. The van der Waals surface area contributed by atoms with Gasteiger partial charge < -0.3 is 10.6 Å². The van der Waals surface area contributed by atoms with E-state index >= 15 is 0 Å². The average Bonchev–Trinajstić information content (AvgIpc) is 2.35. The van der Waals surface area contributed by atoms with Gasteiger partial charge in [-0.2, -0.15) is 13.2 Å². The van der Waals surface area contributed by atoms with Gasteiger partial charge in [-0.25, -0.2) is 4.98 Å². The van der Waals surface area contributed by atoms with Crippen molar-refractivity contribution in [3.63, 3.8) is 0 Å². The van der Waals surface area contributed by atoms with Crippen molar-refractivity contribution in [2.75, 3.05) is 18.4 Å². The minimum atomic E-state index is -4.42. The van der Waals surface area contributed by atoms with E-state index in [2.05, 4.69) is 10.3 Å². The highest BCUT2D eigenvalue weighted by molar-refractivity contribution is 5.95. The third-order valence-electron chi connectivity index (χ3n) is 2.45. The molecule has 0 fully saturated rings. The van der Waals surface area contributed by atoms with Crippen molar-refractivity contribution < 1.29 is 18.0 Å². The number of carbonyl (C=O) groups is 1. The Kier molecular flexibility index (Phi) is 5.79. The van der Waals surface area contributed by atoms with Crippen LogP contribution in [0, 0.1) is 0 Å². The maximum atomic E-state index is 12.1. The van der Waals surface area contributed by atoms with E-state index in [-0.39, 0.29) is 5.56 Å². The number of nitrogens with zero attached hydrogens (tertiary/aromatic N) is 1. The molecule has 1 aromatic rings. The summed E-state index contributed by atoms with van der Waals surface area (Å²) in [5, 5.41) is 4.82. The summed E-state index contributed by atoms with van der Waals surface area (Å²) < 4.78 is 36.3. The van der Waals surface area contributed by atoms with Gasteiger partial charge in [-0.15, -0.1) is 0 Å². The standard InChI is InChI=1S/C13H18F3N3O/c1-3-5-10-6-9(7-11(19-10)17-4-2)12(20)18-8-13(14,15)16/h6-7H,3-5,8H2,1-2H3,(H,17,19)(H,18,20). The number of aryl methyl sites for hydroxylation is 1. The summed E-state index contributed by atoms with van der Waals surface area (Å²) in [4.78, 5) is 16.0. The fraction of sp³-hybridized carbons (Fsp3) is 0.538. The number of rotatable bonds is 6. The van der Waals surface area contributed by atoms with E-state index in [1.807, 2.05) is 19.2 Å². The predicted octanol–water partition coefficient (Wildman–Crippen LogP) is 2.76. The number of anilines is 1. The molecule has 0 atom stereocenters. The third-order valence-corrected chi connectivity index (χ3v) is 2.45. The largest absolute Gasteiger partial charge is 0.405 e. The van der Waals surface area contributed by atoms with Gasteiger partial charge in [0.25, 0.3) is 5.91 Å². The van der Waals surface area contributed by atoms with Crippen LogP contribution in [0.15, 0.2) is 12.1 Å². The minimum absolute atomic E-state index is 0.184. The zero-order valence-electron chi connectivity index (χ0n) is 11.5. The molecular formula is C13H18F3N3O. The molecule has 0 aliphatic carbocycles. The Labute approximate surface area is 115 Å². The van der Waals surface area contributed by atoms with Crippen LogP contribution in [-0.4, -0.2) is 30.2 Å². The third kappa shape index (κ3) is 5.46. The Morgan fingerprint density at radius 2 is 2.00 bits per heavy atom. The van der Waals surface area contributed by atoms with E-state index in [4.69, 9.17) is 0 Å². The zero-order chi connectivity index (χ0) is 15.2. The van der Waals surface area contributed by atoms with Crippen molar-refractivity contribution in [2.45, 2.75) is 32.9 Å². The summed E-state index contributed by atoms with van der Waals surface area (Å²) in [6.07, 6.45) is -2.91. The predicted molar refractivity (Wildman–Crippen MR) is 70.8 cm³/mol. The summed E-state index contributed by atoms with van der Waals surface area (Å²) >= 11 is 0. The highest BCUT2D eigenvalue weighted by Crippen LogP contribution is 2.15. The van der Waals surface area contributed by atoms with Crippen LogP contribution in [0.5, 0.6) is 0 Å². The Balaban J connectivity index is 2.88. The Morgan fingerprint density at radius 1 is 1.30 bits per heavy atom. The molecule has 7 heteroatoms. The molecule has 0 unspecified atom stereocenters. The summed E-state index contributed by atoms with van der Waals surface area (Å²) in [6, 6.07) is 2.98. The van der Waals surface area contributed by atoms with Crippen LogP contribution in [0.1, 0.15) is 36.3 Å². The molecule has 0 saturated heterocycles. The van der Waals surface area contributed by atoms with Crippen LogP contribution in [0.4, 0.5) is 19.0 Å². The van der Waals surface area contributed by atoms with Gasteiger partial charge in [-0.1, -0.05) is 13.3 Å². The van der Waals surface area contributed by atoms with E-state index in [0.29, 0.717) is 24.5 Å². The number of carbonyl (C=O) groups excluding carboxylic acids is 1. The number of alkyl halides is 3. The van der Waals surface area contributed by atoms with Crippen molar-refractivity contribution in [3.8, 4) is 0 Å². The maximum Gasteiger partial charge on any atom is 0.405 e. The fourth-order valence-electron chi connectivity index (χ4n) is 1.66. The van der Waals surface area contributed by atoms with E-state index in [1.54, 1.807) is 0 Å². The first kappa shape index (κ1) is 16.3. The molecule has 1 rings (SSSR count). The number of nitrogens with one attached hydrogen (secondary N) is 2. The second-order valence-corrected chi connectivity index (χ2v) is 4.31. The van der Waals surface area contributed by atoms with Gasteiger partial charge in [0, 0.05) is 17.8 Å². The Morgan fingerprint density at radius 3 is 2.55 bits per heavy atom. The van der Waals surface area contributed by atoms with Crippen LogP contribution in [0.25, 0.3) is 0 Å². The van der Waals surface area contributed by atoms with Gasteiger partial charge in [0.2, 0.25) is 0 Å². The molecular weight excluding hydrogens is 271 g/mol. The fourth-order valence-corrected chi connectivity index (χ4v) is 1.66. The van der Waals surface area contributed by atoms with Gasteiger partial charge in [-0.05, 0) is 25.5 Å². The number of aromatic nitrogens is 1. The van der Waals surface area contributed by atoms with Crippen LogP contribution in [0.3, 0.4) is 0 Å². The van der Waals surface area contributed by atoms with Crippen LogP contribution in [-0.2, 0) is 6.42 Å². The SMILES string of the molecule is CCCc1cc(C(=O)NCC(F)(F)F)cc(NCC)n1. The Bertz CT molecular complexity index is 436. The topological polar surface area (TPSA) is 54.0 Å². The van der Waals surface area contributed by atoms with E-state index in [1.165, 1.54) is 12.1 Å². The van der Waals surface area contributed by atoms with Gasteiger partial charge in [0.05, 0.1) is 0 Å². The zero-order valence-corrected chi connectivity index (χ0v) is 11.5. The second-order valence-electron chi connectivity index (χ2n) is 4.31. The molecule has 2 N–H and O–H groups in total. The normalized spacial score (nSPS) is 11.2. The van der Waals surface area contributed by atoms with Gasteiger partial charge in [0.15, 0.2) is 0 Å². The first-order chi connectivity index (χ1) is 9.35. The molecule has 0 aliphatic heterocycles. The molecule has 1 heterocycles. The van der Waals surface area contributed by atoms with Crippen molar-refractivity contribution >= 4 is 11.7 Å². The molecule has 0 spiro atoms.